The molecule has 0 aliphatic heterocycles. The number of amides is 1. The van der Waals surface area contributed by atoms with Crippen LogP contribution >= 0.6 is 0 Å². The number of ether oxygens (including phenoxy) is 2. The summed E-state index contributed by atoms with van der Waals surface area (Å²) in [6, 6.07) is 7.65. The molecular formula is C18H26N4O3. The van der Waals surface area contributed by atoms with Crippen molar-refractivity contribution in [2.24, 2.45) is 0 Å². The van der Waals surface area contributed by atoms with Gasteiger partial charge in [-0.3, -0.25) is 0 Å². The zero-order valence-corrected chi connectivity index (χ0v) is 15.2. The van der Waals surface area contributed by atoms with Crippen molar-refractivity contribution in [3.05, 3.63) is 42.0 Å². The number of carbonyl (C=O) groups is 1. The van der Waals surface area contributed by atoms with E-state index in [4.69, 9.17) is 9.47 Å². The summed E-state index contributed by atoms with van der Waals surface area (Å²) in [7, 11) is 0. The predicted octanol–water partition coefficient (Wildman–Crippen LogP) is 3.23. The second kappa shape index (κ2) is 8.41. The highest BCUT2D eigenvalue weighted by molar-refractivity contribution is 5.67. The van der Waals surface area contributed by atoms with Gasteiger partial charge in [-0.05, 0) is 52.0 Å². The molecule has 0 atom stereocenters. The van der Waals surface area contributed by atoms with E-state index in [0.717, 1.165) is 23.0 Å². The number of hydrogen-bond donors (Lipinski definition) is 3. The molecule has 0 radical (unpaired) electrons. The molecule has 0 aliphatic carbocycles. The Bertz CT molecular complexity index is 674. The largest absolute Gasteiger partial charge is 0.492 e. The van der Waals surface area contributed by atoms with E-state index in [9.17, 15) is 4.79 Å². The van der Waals surface area contributed by atoms with Crippen LogP contribution in [0.2, 0.25) is 0 Å². The van der Waals surface area contributed by atoms with Gasteiger partial charge in [0.25, 0.3) is 0 Å². The van der Waals surface area contributed by atoms with Crippen molar-refractivity contribution in [1.29, 1.82) is 0 Å². The predicted molar refractivity (Wildman–Crippen MR) is 96.8 cm³/mol. The number of aromatic amines is 1. The van der Waals surface area contributed by atoms with Crippen LogP contribution in [0.4, 0.5) is 10.5 Å². The molecule has 3 N–H and O–H groups in total. The number of carbonyl (C=O) groups excluding carboxylic acids is 1. The van der Waals surface area contributed by atoms with Crippen molar-refractivity contribution in [3.63, 3.8) is 0 Å². The van der Waals surface area contributed by atoms with Crippen LogP contribution in [0.25, 0.3) is 0 Å². The fourth-order valence-electron chi connectivity index (χ4n) is 2.06. The zero-order chi connectivity index (χ0) is 18.3. The summed E-state index contributed by atoms with van der Waals surface area (Å²) in [5.74, 6) is 1.65. The van der Waals surface area contributed by atoms with Gasteiger partial charge in [0.2, 0.25) is 0 Å². The molecule has 0 unspecified atom stereocenters. The lowest BCUT2D eigenvalue weighted by Crippen LogP contribution is -2.34. The van der Waals surface area contributed by atoms with Gasteiger partial charge in [-0.1, -0.05) is 0 Å². The molecule has 1 heterocycles. The Kier molecular flexibility index (Phi) is 6.27. The molecule has 1 aromatic carbocycles. The van der Waals surface area contributed by atoms with Gasteiger partial charge >= 0.3 is 6.09 Å². The standard InChI is InChI=1S/C18H26N4O3/c1-13-20-11-15(22-13)12-21-14-5-7-16(8-6-14)24-10-9-19-17(23)25-18(2,3)4/h5-8,11,21H,9-10,12H2,1-4H3,(H,19,23)(H,20,22). The van der Waals surface area contributed by atoms with Gasteiger partial charge in [0.05, 0.1) is 25.0 Å². The van der Waals surface area contributed by atoms with Gasteiger partial charge in [-0.25, -0.2) is 9.78 Å². The maximum atomic E-state index is 11.5. The average molecular weight is 346 g/mol. The number of anilines is 1. The highest BCUT2D eigenvalue weighted by Gasteiger charge is 2.15. The van der Waals surface area contributed by atoms with E-state index in [0.29, 0.717) is 19.7 Å². The number of imidazole rings is 1. The summed E-state index contributed by atoms with van der Waals surface area (Å²) in [4.78, 5) is 18.8. The molecule has 7 nitrogen and oxygen atoms in total. The van der Waals surface area contributed by atoms with Crippen LogP contribution in [0.5, 0.6) is 5.75 Å². The van der Waals surface area contributed by atoms with Crippen LogP contribution in [-0.2, 0) is 11.3 Å². The zero-order valence-electron chi connectivity index (χ0n) is 15.2. The molecule has 1 aromatic heterocycles. The van der Waals surface area contributed by atoms with Crippen LogP contribution in [0.3, 0.4) is 0 Å². The molecule has 7 heteroatoms. The molecule has 0 bridgehead atoms. The van der Waals surface area contributed by atoms with Crippen molar-refractivity contribution >= 4 is 11.8 Å². The molecule has 0 saturated carbocycles. The Labute approximate surface area is 148 Å². The number of nitrogens with zero attached hydrogens (tertiary/aromatic N) is 1. The quantitative estimate of drug-likeness (QED) is 0.670. The highest BCUT2D eigenvalue weighted by atomic mass is 16.6. The third-order valence-corrected chi connectivity index (χ3v) is 3.13. The first-order valence-electron chi connectivity index (χ1n) is 8.26. The Morgan fingerprint density at radius 2 is 1.96 bits per heavy atom. The van der Waals surface area contributed by atoms with E-state index in [1.54, 1.807) is 0 Å². The Balaban J connectivity index is 1.67. The SMILES string of the molecule is Cc1ncc(CNc2ccc(OCCNC(=O)OC(C)(C)C)cc2)[nH]1. The molecule has 2 rings (SSSR count). The maximum Gasteiger partial charge on any atom is 0.407 e. The van der Waals surface area contributed by atoms with E-state index in [1.807, 2.05) is 58.2 Å². The fraction of sp³-hybridized carbons (Fsp3) is 0.444. The molecule has 0 fully saturated rings. The van der Waals surface area contributed by atoms with E-state index < -0.39 is 11.7 Å². The van der Waals surface area contributed by atoms with Gasteiger partial charge < -0.3 is 25.1 Å². The summed E-state index contributed by atoms with van der Waals surface area (Å²) >= 11 is 0. The molecule has 136 valence electrons. The summed E-state index contributed by atoms with van der Waals surface area (Å²) in [5.41, 5.74) is 1.53. The minimum absolute atomic E-state index is 0.374. The van der Waals surface area contributed by atoms with E-state index in [2.05, 4.69) is 20.6 Å². The second-order valence-corrected chi connectivity index (χ2v) is 6.65. The van der Waals surface area contributed by atoms with Gasteiger partial charge in [0, 0.05) is 5.69 Å². The second-order valence-electron chi connectivity index (χ2n) is 6.65. The minimum atomic E-state index is -0.497. The smallest absolute Gasteiger partial charge is 0.407 e. The van der Waals surface area contributed by atoms with Crippen LogP contribution in [0, 0.1) is 6.92 Å². The monoisotopic (exact) mass is 346 g/mol. The first kappa shape index (κ1) is 18.6. The number of alkyl carbamates (subject to hydrolysis) is 1. The topological polar surface area (TPSA) is 88.3 Å². The number of rotatable bonds is 7. The van der Waals surface area contributed by atoms with Crippen LogP contribution in [-0.4, -0.2) is 34.8 Å². The van der Waals surface area contributed by atoms with Gasteiger partial charge in [0.15, 0.2) is 0 Å². The van der Waals surface area contributed by atoms with Gasteiger partial charge in [0.1, 0.15) is 23.8 Å². The highest BCUT2D eigenvalue weighted by Crippen LogP contribution is 2.16. The Morgan fingerprint density at radius 1 is 1.24 bits per heavy atom. The molecule has 1 amide bonds. The fourth-order valence-corrected chi connectivity index (χ4v) is 2.06. The number of aromatic nitrogens is 2. The first-order valence-corrected chi connectivity index (χ1v) is 8.26. The molecule has 0 aliphatic rings. The van der Waals surface area contributed by atoms with Crippen molar-refractivity contribution in [2.75, 3.05) is 18.5 Å². The van der Waals surface area contributed by atoms with Crippen molar-refractivity contribution in [3.8, 4) is 5.75 Å². The summed E-state index contributed by atoms with van der Waals surface area (Å²) in [6.07, 6.45) is 1.38. The molecule has 0 spiro atoms. The lowest BCUT2D eigenvalue weighted by Gasteiger charge is -2.19. The summed E-state index contributed by atoms with van der Waals surface area (Å²) in [6.45, 7) is 8.84. The lowest BCUT2D eigenvalue weighted by atomic mass is 10.2. The first-order chi connectivity index (χ1) is 11.8. The third-order valence-electron chi connectivity index (χ3n) is 3.13. The van der Waals surface area contributed by atoms with Crippen LogP contribution in [0.15, 0.2) is 30.5 Å². The Morgan fingerprint density at radius 3 is 2.56 bits per heavy atom. The molecular weight excluding hydrogens is 320 g/mol. The van der Waals surface area contributed by atoms with E-state index in [-0.39, 0.29) is 0 Å². The molecule has 2 aromatic rings. The minimum Gasteiger partial charge on any atom is -0.492 e. The average Bonchev–Trinajstić information content (AvgIpc) is 2.94. The van der Waals surface area contributed by atoms with Gasteiger partial charge in [-0.2, -0.15) is 0 Å². The van der Waals surface area contributed by atoms with Crippen molar-refractivity contribution in [1.82, 2.24) is 15.3 Å². The Hall–Kier alpha value is -2.70. The third kappa shape index (κ3) is 7.15. The van der Waals surface area contributed by atoms with Crippen LogP contribution < -0.4 is 15.4 Å². The maximum absolute atomic E-state index is 11.5. The van der Waals surface area contributed by atoms with Crippen molar-refractivity contribution in [2.45, 2.75) is 39.8 Å². The number of nitrogens with one attached hydrogen (secondary N) is 3. The lowest BCUT2D eigenvalue weighted by molar-refractivity contribution is 0.0520. The summed E-state index contributed by atoms with van der Waals surface area (Å²) < 4.78 is 10.7. The van der Waals surface area contributed by atoms with Crippen LogP contribution in [0.1, 0.15) is 32.3 Å². The summed E-state index contributed by atoms with van der Waals surface area (Å²) in [5, 5.41) is 5.96. The van der Waals surface area contributed by atoms with Crippen molar-refractivity contribution < 1.29 is 14.3 Å². The number of H-pyrrole nitrogens is 1. The van der Waals surface area contributed by atoms with E-state index >= 15 is 0 Å². The normalized spacial score (nSPS) is 11.0. The molecule has 0 saturated heterocycles. The molecule has 25 heavy (non-hydrogen) atoms. The van der Waals surface area contributed by atoms with Gasteiger partial charge in [-0.15, -0.1) is 0 Å². The number of benzene rings is 1. The number of aryl methyl sites for hydroxylation is 1. The number of hydrogen-bond acceptors (Lipinski definition) is 5. The van der Waals surface area contributed by atoms with E-state index in [1.165, 1.54) is 0 Å².